The number of hydrogen-bond acceptors (Lipinski definition) is 4. The van der Waals surface area contributed by atoms with E-state index in [1.54, 1.807) is 12.1 Å². The Kier molecular flexibility index (Phi) is 4.37. The van der Waals surface area contributed by atoms with E-state index in [9.17, 15) is 9.90 Å². The van der Waals surface area contributed by atoms with Gasteiger partial charge in [0.25, 0.3) is 0 Å². The molecule has 1 atom stereocenters. The van der Waals surface area contributed by atoms with Crippen LogP contribution in [0.25, 0.3) is 0 Å². The van der Waals surface area contributed by atoms with Crippen molar-refractivity contribution in [2.45, 2.75) is 38.6 Å². The van der Waals surface area contributed by atoms with Crippen LogP contribution >= 0.6 is 0 Å². The molecule has 104 valence electrons. The molecule has 0 radical (unpaired) electrons. The molecule has 1 aliphatic rings. The van der Waals surface area contributed by atoms with Crippen LogP contribution < -0.4 is 4.90 Å². The SMILES string of the molecule is CCc1cc(C(=O)O)cc(N2CCCCC2CO)n1. The Hall–Kier alpha value is -1.62. The largest absolute Gasteiger partial charge is 0.478 e. The van der Waals surface area contributed by atoms with Gasteiger partial charge in [0.1, 0.15) is 5.82 Å². The number of hydrogen-bond donors (Lipinski definition) is 2. The number of rotatable bonds is 4. The van der Waals surface area contributed by atoms with Gasteiger partial charge in [-0.25, -0.2) is 9.78 Å². The van der Waals surface area contributed by atoms with Crippen LogP contribution in [0.15, 0.2) is 12.1 Å². The molecule has 1 aliphatic heterocycles. The second kappa shape index (κ2) is 6.02. The summed E-state index contributed by atoms with van der Waals surface area (Å²) < 4.78 is 0. The van der Waals surface area contributed by atoms with Gasteiger partial charge in [-0.3, -0.25) is 0 Å². The third-order valence-electron chi connectivity index (χ3n) is 3.61. The number of carboxylic acids is 1. The molecule has 0 aromatic carbocycles. The van der Waals surface area contributed by atoms with Crippen LogP contribution in [0.5, 0.6) is 0 Å². The van der Waals surface area contributed by atoms with Crippen LogP contribution in [0.3, 0.4) is 0 Å². The summed E-state index contributed by atoms with van der Waals surface area (Å²) in [5.74, 6) is -0.258. The van der Waals surface area contributed by atoms with E-state index in [4.69, 9.17) is 5.11 Å². The molecular weight excluding hydrogens is 244 g/mol. The fourth-order valence-electron chi connectivity index (χ4n) is 2.52. The maximum Gasteiger partial charge on any atom is 0.335 e. The van der Waals surface area contributed by atoms with Crippen molar-refractivity contribution in [1.82, 2.24) is 4.98 Å². The van der Waals surface area contributed by atoms with Crippen LogP contribution in [0.1, 0.15) is 42.2 Å². The van der Waals surface area contributed by atoms with Crippen LogP contribution in [0.4, 0.5) is 5.82 Å². The Morgan fingerprint density at radius 2 is 2.26 bits per heavy atom. The third-order valence-corrected chi connectivity index (χ3v) is 3.61. The molecule has 0 amide bonds. The lowest BCUT2D eigenvalue weighted by atomic mass is 10.0. The summed E-state index contributed by atoms with van der Waals surface area (Å²) in [6.45, 7) is 2.86. The number of piperidine rings is 1. The Morgan fingerprint density at radius 3 is 2.89 bits per heavy atom. The molecule has 1 unspecified atom stereocenters. The Bertz CT molecular complexity index is 462. The molecule has 0 aliphatic carbocycles. The average Bonchev–Trinajstić information content (AvgIpc) is 2.46. The van der Waals surface area contributed by atoms with Crippen molar-refractivity contribution in [3.8, 4) is 0 Å². The number of aromatic carboxylic acids is 1. The van der Waals surface area contributed by atoms with E-state index in [0.29, 0.717) is 12.2 Å². The highest BCUT2D eigenvalue weighted by atomic mass is 16.4. The van der Waals surface area contributed by atoms with Crippen LogP contribution in [0.2, 0.25) is 0 Å². The van der Waals surface area contributed by atoms with Crippen molar-refractivity contribution in [3.63, 3.8) is 0 Å². The van der Waals surface area contributed by atoms with Gasteiger partial charge >= 0.3 is 5.97 Å². The molecule has 5 nitrogen and oxygen atoms in total. The zero-order chi connectivity index (χ0) is 13.8. The molecule has 0 saturated carbocycles. The molecule has 1 aromatic heterocycles. The second-order valence-corrected chi connectivity index (χ2v) is 4.89. The number of carbonyl (C=O) groups is 1. The van der Waals surface area contributed by atoms with Gasteiger partial charge in [-0.1, -0.05) is 6.92 Å². The Labute approximate surface area is 112 Å². The lowest BCUT2D eigenvalue weighted by Gasteiger charge is -2.35. The van der Waals surface area contributed by atoms with Gasteiger partial charge in [0.05, 0.1) is 18.2 Å². The monoisotopic (exact) mass is 264 g/mol. The summed E-state index contributed by atoms with van der Waals surface area (Å²) >= 11 is 0. The number of aromatic nitrogens is 1. The molecule has 2 rings (SSSR count). The van der Waals surface area contributed by atoms with E-state index in [2.05, 4.69) is 4.98 Å². The normalized spacial score (nSPS) is 19.5. The standard InChI is InChI=1S/C14H20N2O3/c1-2-11-7-10(14(18)19)8-13(15-11)16-6-4-3-5-12(16)9-17/h7-8,12,17H,2-6,9H2,1H3,(H,18,19). The maximum absolute atomic E-state index is 11.2. The van der Waals surface area contributed by atoms with Crippen LogP contribution in [0, 0.1) is 0 Å². The van der Waals surface area contributed by atoms with E-state index in [0.717, 1.165) is 31.5 Å². The first kappa shape index (κ1) is 13.8. The summed E-state index contributed by atoms with van der Waals surface area (Å²) in [5.41, 5.74) is 1.04. The number of aliphatic hydroxyl groups is 1. The van der Waals surface area contributed by atoms with E-state index >= 15 is 0 Å². The highest BCUT2D eigenvalue weighted by Crippen LogP contribution is 2.24. The summed E-state index contributed by atoms with van der Waals surface area (Å²) in [6, 6.07) is 3.27. The van der Waals surface area contributed by atoms with Crippen molar-refractivity contribution in [1.29, 1.82) is 0 Å². The number of anilines is 1. The van der Waals surface area contributed by atoms with Gasteiger partial charge in [-0.05, 0) is 37.8 Å². The predicted octanol–water partition coefficient (Wildman–Crippen LogP) is 1.69. The average molecular weight is 264 g/mol. The fraction of sp³-hybridized carbons (Fsp3) is 0.571. The van der Waals surface area contributed by atoms with Gasteiger partial charge in [-0.2, -0.15) is 0 Å². The van der Waals surface area contributed by atoms with Crippen molar-refractivity contribution >= 4 is 11.8 Å². The number of aliphatic hydroxyl groups excluding tert-OH is 1. The quantitative estimate of drug-likeness (QED) is 0.865. The van der Waals surface area contributed by atoms with Gasteiger partial charge in [-0.15, -0.1) is 0 Å². The molecule has 2 N–H and O–H groups in total. The predicted molar refractivity (Wildman–Crippen MR) is 72.6 cm³/mol. The zero-order valence-corrected chi connectivity index (χ0v) is 11.2. The van der Waals surface area contributed by atoms with E-state index in [-0.39, 0.29) is 18.2 Å². The fourth-order valence-corrected chi connectivity index (χ4v) is 2.52. The van der Waals surface area contributed by atoms with Crippen LogP contribution in [-0.2, 0) is 6.42 Å². The molecule has 19 heavy (non-hydrogen) atoms. The molecule has 1 aromatic rings. The van der Waals surface area contributed by atoms with Crippen molar-refractivity contribution in [3.05, 3.63) is 23.4 Å². The van der Waals surface area contributed by atoms with Crippen LogP contribution in [-0.4, -0.2) is 40.4 Å². The van der Waals surface area contributed by atoms with Gasteiger partial charge < -0.3 is 15.1 Å². The Balaban J connectivity index is 2.36. The maximum atomic E-state index is 11.2. The van der Waals surface area contributed by atoms with Crippen molar-refractivity contribution in [2.24, 2.45) is 0 Å². The zero-order valence-electron chi connectivity index (χ0n) is 11.2. The second-order valence-electron chi connectivity index (χ2n) is 4.89. The topological polar surface area (TPSA) is 73.7 Å². The number of pyridine rings is 1. The molecule has 1 fully saturated rings. The molecule has 2 heterocycles. The molecule has 0 spiro atoms. The highest BCUT2D eigenvalue weighted by molar-refractivity contribution is 5.88. The first-order valence-electron chi connectivity index (χ1n) is 6.77. The van der Waals surface area contributed by atoms with Gasteiger partial charge in [0.15, 0.2) is 0 Å². The Morgan fingerprint density at radius 1 is 1.47 bits per heavy atom. The van der Waals surface area contributed by atoms with Crippen molar-refractivity contribution < 1.29 is 15.0 Å². The smallest absolute Gasteiger partial charge is 0.335 e. The minimum absolute atomic E-state index is 0.0509. The van der Waals surface area contributed by atoms with Gasteiger partial charge in [0, 0.05) is 12.2 Å². The van der Waals surface area contributed by atoms with Crippen molar-refractivity contribution in [2.75, 3.05) is 18.1 Å². The number of nitrogens with zero attached hydrogens (tertiary/aromatic N) is 2. The summed E-state index contributed by atoms with van der Waals surface area (Å²) in [7, 11) is 0. The summed E-state index contributed by atoms with van der Waals surface area (Å²) in [6.07, 6.45) is 3.78. The lowest BCUT2D eigenvalue weighted by molar-refractivity contribution is 0.0696. The molecular formula is C14H20N2O3. The van der Waals surface area contributed by atoms with E-state index < -0.39 is 5.97 Å². The van der Waals surface area contributed by atoms with Gasteiger partial charge in [0.2, 0.25) is 0 Å². The number of carboxylic acid groups (broad SMARTS) is 1. The third kappa shape index (κ3) is 3.04. The number of aryl methyl sites for hydroxylation is 1. The molecule has 1 saturated heterocycles. The lowest BCUT2D eigenvalue weighted by Crippen LogP contribution is -2.42. The van der Waals surface area contributed by atoms with E-state index in [1.165, 1.54) is 0 Å². The summed E-state index contributed by atoms with van der Waals surface area (Å²) in [5, 5.41) is 18.6. The summed E-state index contributed by atoms with van der Waals surface area (Å²) in [4.78, 5) is 17.7. The first-order valence-corrected chi connectivity index (χ1v) is 6.77. The first-order chi connectivity index (χ1) is 9.15. The molecule has 5 heteroatoms. The van der Waals surface area contributed by atoms with E-state index in [1.807, 2.05) is 11.8 Å². The minimum atomic E-state index is -0.934. The highest BCUT2D eigenvalue weighted by Gasteiger charge is 2.24. The minimum Gasteiger partial charge on any atom is -0.478 e. The molecule has 0 bridgehead atoms.